The molecule has 0 saturated heterocycles. The van der Waals surface area contributed by atoms with Gasteiger partial charge in [0.2, 0.25) is 10.0 Å². The van der Waals surface area contributed by atoms with Crippen LogP contribution in [0.5, 0.6) is 5.75 Å². The highest BCUT2D eigenvalue weighted by Gasteiger charge is 2.24. The van der Waals surface area contributed by atoms with Crippen LogP contribution in [0.1, 0.15) is 6.92 Å². The molecule has 3 rings (SSSR count). The van der Waals surface area contributed by atoms with E-state index < -0.39 is 10.0 Å². The molecule has 0 radical (unpaired) electrons. The first-order valence-corrected chi connectivity index (χ1v) is 9.65. The molecule has 7 nitrogen and oxygen atoms in total. The molecule has 1 N–H and O–H groups in total. The number of nitrogens with one attached hydrogen (secondary N) is 1. The monoisotopic (exact) mass is 353 g/mol. The molecule has 1 aliphatic heterocycles. The summed E-state index contributed by atoms with van der Waals surface area (Å²) in [5, 5.41) is 2.07. The lowest BCUT2D eigenvalue weighted by atomic mass is 10.1. The lowest BCUT2D eigenvalue weighted by Gasteiger charge is -2.28. The van der Waals surface area contributed by atoms with Crippen molar-refractivity contribution in [2.75, 3.05) is 29.0 Å². The van der Waals surface area contributed by atoms with Gasteiger partial charge in [0.1, 0.15) is 5.75 Å². The lowest BCUT2D eigenvalue weighted by Crippen LogP contribution is -2.38. The Morgan fingerprint density at radius 3 is 2.91 bits per heavy atom. The molecule has 2 heterocycles. The molecule has 1 aliphatic rings. The predicted octanol–water partition coefficient (Wildman–Crippen LogP) is 1.93. The van der Waals surface area contributed by atoms with Crippen molar-refractivity contribution in [1.82, 2.24) is 4.98 Å². The molecule has 9 heteroatoms. The number of benzene rings is 1. The third-order valence-electron chi connectivity index (χ3n) is 3.29. The minimum atomic E-state index is -3.36. The Bertz CT molecular complexity index is 861. The van der Waals surface area contributed by atoms with E-state index in [1.165, 1.54) is 11.3 Å². The summed E-state index contributed by atoms with van der Waals surface area (Å²) in [5.41, 5.74) is 2.13. The van der Waals surface area contributed by atoms with Gasteiger partial charge in [0, 0.05) is 17.5 Å². The van der Waals surface area contributed by atoms with Gasteiger partial charge in [-0.1, -0.05) is 0 Å². The maximum absolute atomic E-state index is 11.9. The number of ether oxygens (including phenoxy) is 1. The third-order valence-corrected chi connectivity index (χ3v) is 4.74. The number of rotatable bonds is 4. The van der Waals surface area contributed by atoms with Crippen molar-refractivity contribution in [1.29, 1.82) is 0 Å². The summed E-state index contributed by atoms with van der Waals surface area (Å²) in [5.74, 6) is 0.565. The second kappa shape index (κ2) is 5.82. The van der Waals surface area contributed by atoms with Gasteiger partial charge >= 0.3 is 0 Å². The summed E-state index contributed by atoms with van der Waals surface area (Å²) in [6.07, 6.45) is 1.08. The summed E-state index contributed by atoms with van der Waals surface area (Å²) in [7, 11) is -3.36. The SMILES string of the molecule is CCN1C(=O)COc2ccc(-c3csc(NS(C)(=O)=O)n3)cc21. The van der Waals surface area contributed by atoms with Gasteiger partial charge in [-0.3, -0.25) is 9.52 Å². The standard InChI is InChI=1S/C14H15N3O4S2/c1-3-17-11-6-9(4-5-12(11)21-7-13(17)18)10-8-22-14(15-10)16-23(2,19)20/h4-6,8H,3,7H2,1-2H3,(H,15,16). The number of sulfonamides is 1. The van der Waals surface area contributed by atoms with Crippen molar-refractivity contribution >= 4 is 38.1 Å². The number of thiazole rings is 1. The first-order chi connectivity index (χ1) is 10.9. The minimum Gasteiger partial charge on any atom is -0.482 e. The van der Waals surface area contributed by atoms with Crippen molar-refractivity contribution in [2.45, 2.75) is 6.92 Å². The van der Waals surface area contributed by atoms with Crippen LogP contribution >= 0.6 is 11.3 Å². The molecular weight excluding hydrogens is 338 g/mol. The topological polar surface area (TPSA) is 88.6 Å². The van der Waals surface area contributed by atoms with Crippen molar-refractivity contribution in [3.05, 3.63) is 23.6 Å². The van der Waals surface area contributed by atoms with Crippen molar-refractivity contribution in [2.24, 2.45) is 0 Å². The van der Waals surface area contributed by atoms with Crippen LogP contribution in [-0.4, -0.2) is 38.7 Å². The molecule has 0 bridgehead atoms. The number of likely N-dealkylation sites (N-methyl/N-ethyl adjacent to an activating group) is 1. The van der Waals surface area contributed by atoms with Crippen LogP contribution < -0.4 is 14.4 Å². The van der Waals surface area contributed by atoms with Crippen LogP contribution in [-0.2, 0) is 14.8 Å². The van der Waals surface area contributed by atoms with E-state index in [0.717, 1.165) is 11.8 Å². The van der Waals surface area contributed by atoms with Gasteiger partial charge < -0.3 is 9.64 Å². The number of anilines is 2. The second-order valence-electron chi connectivity index (χ2n) is 5.02. The number of aromatic nitrogens is 1. The molecular formula is C14H15N3O4S2. The van der Waals surface area contributed by atoms with Gasteiger partial charge in [-0.15, -0.1) is 11.3 Å². The number of fused-ring (bicyclic) bond motifs is 1. The van der Waals surface area contributed by atoms with E-state index in [2.05, 4.69) is 9.71 Å². The maximum Gasteiger partial charge on any atom is 0.265 e. The fourth-order valence-corrected chi connectivity index (χ4v) is 3.89. The smallest absolute Gasteiger partial charge is 0.265 e. The van der Waals surface area contributed by atoms with Gasteiger partial charge in [-0.2, -0.15) is 0 Å². The predicted molar refractivity (Wildman–Crippen MR) is 89.5 cm³/mol. The van der Waals surface area contributed by atoms with Crippen molar-refractivity contribution in [3.8, 4) is 17.0 Å². The molecule has 122 valence electrons. The maximum atomic E-state index is 11.9. The first-order valence-electron chi connectivity index (χ1n) is 6.88. The van der Waals surface area contributed by atoms with Crippen LogP contribution in [0.3, 0.4) is 0 Å². The van der Waals surface area contributed by atoms with E-state index in [9.17, 15) is 13.2 Å². The number of hydrogen-bond acceptors (Lipinski definition) is 6. The second-order valence-corrected chi connectivity index (χ2v) is 7.63. The highest BCUT2D eigenvalue weighted by molar-refractivity contribution is 7.92. The number of nitrogens with zero attached hydrogens (tertiary/aromatic N) is 2. The number of carbonyl (C=O) groups is 1. The molecule has 0 saturated carbocycles. The summed E-state index contributed by atoms with van der Waals surface area (Å²) in [6.45, 7) is 2.49. The largest absolute Gasteiger partial charge is 0.482 e. The Morgan fingerprint density at radius 2 is 2.22 bits per heavy atom. The molecule has 0 fully saturated rings. The summed E-state index contributed by atoms with van der Waals surface area (Å²) in [6, 6.07) is 5.46. The third kappa shape index (κ3) is 3.30. The number of carbonyl (C=O) groups excluding carboxylic acids is 1. The molecule has 1 aromatic heterocycles. The number of amides is 1. The van der Waals surface area contributed by atoms with Crippen LogP contribution in [0, 0.1) is 0 Å². The summed E-state index contributed by atoms with van der Waals surface area (Å²) >= 11 is 1.20. The zero-order chi connectivity index (χ0) is 16.6. The summed E-state index contributed by atoms with van der Waals surface area (Å²) in [4.78, 5) is 17.8. The van der Waals surface area contributed by atoms with Crippen LogP contribution in [0.25, 0.3) is 11.3 Å². The zero-order valence-corrected chi connectivity index (χ0v) is 14.2. The molecule has 2 aromatic rings. The van der Waals surface area contributed by atoms with Crippen molar-refractivity contribution < 1.29 is 17.9 Å². The molecule has 23 heavy (non-hydrogen) atoms. The molecule has 0 unspecified atom stereocenters. The molecule has 0 aliphatic carbocycles. The fraction of sp³-hybridized carbons (Fsp3) is 0.286. The lowest BCUT2D eigenvalue weighted by molar-refractivity contribution is -0.121. The minimum absolute atomic E-state index is 0.0410. The van der Waals surface area contributed by atoms with E-state index in [4.69, 9.17) is 4.74 Å². The molecule has 1 aromatic carbocycles. The summed E-state index contributed by atoms with van der Waals surface area (Å²) < 4.78 is 30.3. The van der Waals surface area contributed by atoms with Crippen molar-refractivity contribution in [3.63, 3.8) is 0 Å². The fourth-order valence-electron chi connectivity index (χ4n) is 2.32. The Hall–Kier alpha value is -2.13. The highest BCUT2D eigenvalue weighted by atomic mass is 32.2. The van der Waals surface area contributed by atoms with E-state index in [0.29, 0.717) is 28.8 Å². The van der Waals surface area contributed by atoms with Gasteiger partial charge in [0.25, 0.3) is 5.91 Å². The average Bonchev–Trinajstić information content (AvgIpc) is 2.93. The van der Waals surface area contributed by atoms with Crippen LogP contribution in [0.2, 0.25) is 0 Å². The Balaban J connectivity index is 1.96. The molecule has 0 atom stereocenters. The highest BCUT2D eigenvalue weighted by Crippen LogP contribution is 2.36. The average molecular weight is 353 g/mol. The first kappa shape index (κ1) is 15.8. The van der Waals surface area contributed by atoms with Crippen LogP contribution in [0.15, 0.2) is 23.6 Å². The Kier molecular flexibility index (Phi) is 3.99. The van der Waals surface area contributed by atoms with Crippen LogP contribution in [0.4, 0.5) is 10.8 Å². The van der Waals surface area contributed by atoms with Gasteiger partial charge in [-0.25, -0.2) is 13.4 Å². The van der Waals surface area contributed by atoms with Gasteiger partial charge in [0.15, 0.2) is 11.7 Å². The molecule has 0 spiro atoms. The van der Waals surface area contributed by atoms with Gasteiger partial charge in [0.05, 0.1) is 17.6 Å². The Labute approximate surface area is 138 Å². The van der Waals surface area contributed by atoms with Gasteiger partial charge in [-0.05, 0) is 25.1 Å². The van der Waals surface area contributed by atoms with E-state index in [1.54, 1.807) is 16.3 Å². The quantitative estimate of drug-likeness (QED) is 0.907. The zero-order valence-electron chi connectivity index (χ0n) is 12.6. The van der Waals surface area contributed by atoms with E-state index in [1.807, 2.05) is 19.1 Å². The number of hydrogen-bond donors (Lipinski definition) is 1. The Morgan fingerprint density at radius 1 is 1.43 bits per heavy atom. The van der Waals surface area contributed by atoms with E-state index >= 15 is 0 Å². The van der Waals surface area contributed by atoms with E-state index in [-0.39, 0.29) is 12.5 Å². The normalized spacial score (nSPS) is 14.3. The molecule has 1 amide bonds.